The molecule has 4 nitrogen and oxygen atoms in total. The first-order valence-electron chi connectivity index (χ1n) is 4.31. The van der Waals surface area contributed by atoms with Crippen LogP contribution in [0.4, 0.5) is 0 Å². The molecule has 0 aromatic heterocycles. The molecule has 0 aliphatic carbocycles. The van der Waals surface area contributed by atoms with Crippen LogP contribution in [0.15, 0.2) is 17.0 Å². The minimum atomic E-state index is -3.80. The topological polar surface area (TPSA) is 52.6 Å². The van der Waals surface area contributed by atoms with Crippen LogP contribution in [0.25, 0.3) is 0 Å². The quantitative estimate of drug-likeness (QED) is 0.746. The van der Waals surface area contributed by atoms with Crippen molar-refractivity contribution in [1.29, 1.82) is 0 Å². The molecule has 0 amide bonds. The standard InChI is InChI=1S/C9H9ClO4S/c1-13-8-3-2-7-6(4-5-14-7)9(8)15(10,11)12/h2-3H,4-5H2,1H3. The van der Waals surface area contributed by atoms with Gasteiger partial charge in [-0.05, 0) is 12.1 Å². The van der Waals surface area contributed by atoms with Crippen molar-refractivity contribution in [1.82, 2.24) is 0 Å². The number of rotatable bonds is 2. The molecule has 0 spiro atoms. The van der Waals surface area contributed by atoms with Crippen LogP contribution in [-0.4, -0.2) is 22.1 Å². The van der Waals surface area contributed by atoms with Crippen LogP contribution in [0.3, 0.4) is 0 Å². The molecule has 0 bridgehead atoms. The second-order valence-corrected chi connectivity index (χ2v) is 5.61. The van der Waals surface area contributed by atoms with Crippen molar-refractivity contribution in [3.63, 3.8) is 0 Å². The molecule has 0 saturated heterocycles. The van der Waals surface area contributed by atoms with Gasteiger partial charge in [0.05, 0.1) is 13.7 Å². The van der Waals surface area contributed by atoms with Crippen LogP contribution in [-0.2, 0) is 15.5 Å². The zero-order valence-electron chi connectivity index (χ0n) is 7.99. The molecule has 1 aliphatic heterocycles. The Labute approximate surface area is 92.2 Å². The van der Waals surface area contributed by atoms with Crippen LogP contribution >= 0.6 is 10.7 Å². The molecule has 1 aromatic carbocycles. The molecule has 0 N–H and O–H groups in total. The van der Waals surface area contributed by atoms with Gasteiger partial charge in [0.25, 0.3) is 9.05 Å². The summed E-state index contributed by atoms with van der Waals surface area (Å²) in [4.78, 5) is 0.0293. The molecule has 6 heteroatoms. The Kier molecular flexibility index (Phi) is 2.52. The summed E-state index contributed by atoms with van der Waals surface area (Å²) in [6.07, 6.45) is 0.536. The van der Waals surface area contributed by atoms with Crippen LogP contribution in [0.1, 0.15) is 5.56 Å². The lowest BCUT2D eigenvalue weighted by Gasteiger charge is -2.09. The maximum atomic E-state index is 11.4. The van der Waals surface area contributed by atoms with Crippen molar-refractivity contribution in [2.24, 2.45) is 0 Å². The van der Waals surface area contributed by atoms with Crippen LogP contribution in [0, 0.1) is 0 Å². The molecule has 82 valence electrons. The van der Waals surface area contributed by atoms with Gasteiger partial charge in [0, 0.05) is 22.7 Å². The number of fused-ring (bicyclic) bond motifs is 1. The molecule has 0 radical (unpaired) electrons. The molecule has 0 atom stereocenters. The lowest BCUT2D eigenvalue weighted by molar-refractivity contribution is 0.356. The monoisotopic (exact) mass is 248 g/mol. The van der Waals surface area contributed by atoms with E-state index in [1.165, 1.54) is 7.11 Å². The normalized spacial score (nSPS) is 14.5. The van der Waals surface area contributed by atoms with Gasteiger partial charge in [-0.1, -0.05) is 0 Å². The smallest absolute Gasteiger partial charge is 0.265 e. The Morgan fingerprint density at radius 2 is 2.20 bits per heavy atom. The molecule has 2 rings (SSSR count). The number of hydrogen-bond donors (Lipinski definition) is 0. The van der Waals surface area contributed by atoms with Crippen molar-refractivity contribution < 1.29 is 17.9 Å². The summed E-state index contributed by atoms with van der Waals surface area (Å²) in [6.45, 7) is 0.474. The summed E-state index contributed by atoms with van der Waals surface area (Å²) in [7, 11) is 2.97. The highest BCUT2D eigenvalue weighted by atomic mass is 35.7. The van der Waals surface area contributed by atoms with E-state index >= 15 is 0 Å². The zero-order chi connectivity index (χ0) is 11.1. The summed E-state index contributed by atoms with van der Waals surface area (Å²) in [5.41, 5.74) is 0.601. The number of halogens is 1. The SMILES string of the molecule is COc1ccc2c(c1S(=O)(=O)Cl)CCO2. The number of methoxy groups -OCH3 is 1. The van der Waals surface area contributed by atoms with Gasteiger partial charge in [-0.15, -0.1) is 0 Å². The molecule has 15 heavy (non-hydrogen) atoms. The lowest BCUT2D eigenvalue weighted by atomic mass is 10.1. The fraction of sp³-hybridized carbons (Fsp3) is 0.333. The highest BCUT2D eigenvalue weighted by Crippen LogP contribution is 2.38. The maximum Gasteiger partial charge on any atom is 0.265 e. The molecule has 0 fully saturated rings. The van der Waals surface area contributed by atoms with Gasteiger partial charge >= 0.3 is 0 Å². The molecule has 0 saturated carbocycles. The summed E-state index contributed by atoms with van der Waals surface area (Å²) in [5, 5.41) is 0. The molecular formula is C9H9ClO4S. The zero-order valence-corrected chi connectivity index (χ0v) is 9.56. The van der Waals surface area contributed by atoms with Gasteiger partial charge in [-0.3, -0.25) is 0 Å². The van der Waals surface area contributed by atoms with Gasteiger partial charge in [-0.25, -0.2) is 8.42 Å². The summed E-state index contributed by atoms with van der Waals surface area (Å²) < 4.78 is 33.0. The van der Waals surface area contributed by atoms with E-state index in [0.29, 0.717) is 24.3 Å². The van der Waals surface area contributed by atoms with Crippen LogP contribution in [0.5, 0.6) is 11.5 Å². The third-order valence-corrected chi connectivity index (χ3v) is 3.65. The number of hydrogen-bond acceptors (Lipinski definition) is 4. The number of ether oxygens (including phenoxy) is 2. The Hall–Kier alpha value is -0.940. The van der Waals surface area contributed by atoms with Gasteiger partial charge in [0.15, 0.2) is 0 Å². The minimum Gasteiger partial charge on any atom is -0.495 e. The van der Waals surface area contributed by atoms with Crippen molar-refractivity contribution >= 4 is 19.7 Å². The molecule has 0 unspecified atom stereocenters. The average molecular weight is 249 g/mol. The third-order valence-electron chi connectivity index (χ3n) is 2.25. The number of benzene rings is 1. The van der Waals surface area contributed by atoms with Crippen LogP contribution in [0.2, 0.25) is 0 Å². The second kappa shape index (κ2) is 3.57. The van der Waals surface area contributed by atoms with Crippen molar-refractivity contribution in [2.45, 2.75) is 11.3 Å². The highest BCUT2D eigenvalue weighted by molar-refractivity contribution is 8.13. The first-order chi connectivity index (χ1) is 7.04. The van der Waals surface area contributed by atoms with E-state index < -0.39 is 9.05 Å². The van der Waals surface area contributed by atoms with Gasteiger partial charge < -0.3 is 9.47 Å². The fourth-order valence-corrected chi connectivity index (χ4v) is 3.05. The predicted octanol–water partition coefficient (Wildman–Crippen LogP) is 1.56. The van der Waals surface area contributed by atoms with E-state index in [1.54, 1.807) is 12.1 Å². The predicted molar refractivity (Wildman–Crippen MR) is 55.2 cm³/mol. The first-order valence-corrected chi connectivity index (χ1v) is 6.62. The minimum absolute atomic E-state index is 0.0293. The Bertz CT molecular complexity index is 495. The van der Waals surface area contributed by atoms with E-state index in [2.05, 4.69) is 0 Å². The molecule has 1 aromatic rings. The molecule has 1 heterocycles. The second-order valence-electron chi connectivity index (χ2n) is 3.11. The van der Waals surface area contributed by atoms with Crippen molar-refractivity contribution in [2.75, 3.05) is 13.7 Å². The molecule has 1 aliphatic rings. The Morgan fingerprint density at radius 1 is 1.47 bits per heavy atom. The lowest BCUT2D eigenvalue weighted by Crippen LogP contribution is -2.00. The highest BCUT2D eigenvalue weighted by Gasteiger charge is 2.27. The van der Waals surface area contributed by atoms with E-state index in [1.807, 2.05) is 0 Å². The van der Waals surface area contributed by atoms with E-state index in [-0.39, 0.29) is 10.6 Å². The maximum absolute atomic E-state index is 11.4. The summed E-state index contributed by atoms with van der Waals surface area (Å²) in [5.74, 6) is 0.823. The third kappa shape index (κ3) is 1.77. The van der Waals surface area contributed by atoms with Crippen molar-refractivity contribution in [3.8, 4) is 11.5 Å². The van der Waals surface area contributed by atoms with Crippen LogP contribution < -0.4 is 9.47 Å². The van der Waals surface area contributed by atoms with Gasteiger partial charge in [0.2, 0.25) is 0 Å². The van der Waals surface area contributed by atoms with Gasteiger partial charge in [0.1, 0.15) is 16.4 Å². The Morgan fingerprint density at radius 3 is 2.80 bits per heavy atom. The van der Waals surface area contributed by atoms with Gasteiger partial charge in [-0.2, -0.15) is 0 Å². The summed E-state index contributed by atoms with van der Waals surface area (Å²) >= 11 is 0. The van der Waals surface area contributed by atoms with E-state index in [0.717, 1.165) is 0 Å². The average Bonchev–Trinajstić information content (AvgIpc) is 2.61. The molecular weight excluding hydrogens is 240 g/mol. The largest absolute Gasteiger partial charge is 0.495 e. The van der Waals surface area contributed by atoms with E-state index in [4.69, 9.17) is 20.2 Å². The first kappa shape index (κ1) is 10.6. The summed E-state index contributed by atoms with van der Waals surface area (Å²) in [6, 6.07) is 3.23. The Balaban J connectivity index is 2.74. The fourth-order valence-electron chi connectivity index (χ4n) is 1.65. The van der Waals surface area contributed by atoms with Crippen molar-refractivity contribution in [3.05, 3.63) is 17.7 Å². The van der Waals surface area contributed by atoms with E-state index in [9.17, 15) is 8.42 Å².